The van der Waals surface area contributed by atoms with E-state index in [1.54, 1.807) is 0 Å². The van der Waals surface area contributed by atoms with Crippen LogP contribution in [0.2, 0.25) is 0 Å². The largest absolute Gasteiger partial charge is 0.305 e. The number of hydrogen-bond donors (Lipinski definition) is 0. The highest BCUT2D eigenvalue weighted by Crippen LogP contribution is 2.46. The Labute approximate surface area is 437 Å². The molecule has 0 bridgehead atoms. The molecule has 0 unspecified atom stereocenters. The molecule has 13 aromatic rings. The third kappa shape index (κ3) is 7.29. The molecule has 366 valence electrons. The van der Waals surface area contributed by atoms with Crippen LogP contribution in [0, 0.1) is 27.7 Å². The normalized spacial score (nSPS) is 12.4. The highest BCUT2D eigenvalue weighted by atomic mass is 15.1. The molecule has 0 saturated heterocycles. The summed E-state index contributed by atoms with van der Waals surface area (Å²) in [5.41, 5.74) is 23.3. The number of fused-ring (bicyclic) bond motifs is 9. The van der Waals surface area contributed by atoms with Gasteiger partial charge in [0.2, 0.25) is 0 Å². The van der Waals surface area contributed by atoms with E-state index in [2.05, 4.69) is 216 Å². The molecule has 8 nitrogen and oxygen atoms in total. The summed E-state index contributed by atoms with van der Waals surface area (Å²) in [5.74, 6) is 0.686. The molecule has 0 fully saturated rings. The van der Waals surface area contributed by atoms with Gasteiger partial charge >= 0.3 is 0 Å². The Bertz CT molecular complexity index is 4070. The van der Waals surface area contributed by atoms with Crippen molar-refractivity contribution in [2.24, 2.45) is 0 Å². The summed E-state index contributed by atoms with van der Waals surface area (Å²) in [4.78, 5) is 26.3. The molecule has 0 aliphatic heterocycles. The predicted octanol–water partition coefficient (Wildman–Crippen LogP) is 16.8. The maximum atomic E-state index is 5.66. The van der Waals surface area contributed by atoms with E-state index >= 15 is 0 Å². The molecule has 6 aromatic carbocycles. The van der Waals surface area contributed by atoms with Crippen molar-refractivity contribution < 1.29 is 0 Å². The molecular weight excluding hydrogens is 917 g/mol. The van der Waals surface area contributed by atoms with Gasteiger partial charge in [0, 0.05) is 51.4 Å². The maximum absolute atomic E-state index is 5.66. The number of rotatable bonds is 6. The van der Waals surface area contributed by atoms with Gasteiger partial charge in [0.05, 0.1) is 67.1 Å². The molecule has 0 aliphatic carbocycles. The summed E-state index contributed by atoms with van der Waals surface area (Å²) in [6.45, 7) is 22.5. The van der Waals surface area contributed by atoms with E-state index in [1.165, 1.54) is 21.9 Å². The van der Waals surface area contributed by atoms with Crippen molar-refractivity contribution in [3.8, 4) is 51.0 Å². The highest BCUT2D eigenvalue weighted by Gasteiger charge is 2.29. The van der Waals surface area contributed by atoms with Crippen molar-refractivity contribution in [1.29, 1.82) is 0 Å². The Morgan fingerprint density at radius 3 is 1.33 bits per heavy atom. The van der Waals surface area contributed by atoms with Gasteiger partial charge in [-0.15, -0.1) is 0 Å². The first-order chi connectivity index (χ1) is 36.1. The number of aryl methyl sites for hydroxylation is 4. The van der Waals surface area contributed by atoms with E-state index in [0.29, 0.717) is 5.82 Å². The maximum Gasteiger partial charge on any atom is 0.160 e. The first-order valence-corrected chi connectivity index (χ1v) is 26.0. The monoisotopic (exact) mass is 974 g/mol. The van der Waals surface area contributed by atoms with Gasteiger partial charge in [0.25, 0.3) is 0 Å². The molecule has 0 radical (unpaired) electrons. The molecule has 0 atom stereocenters. The predicted molar refractivity (Wildman–Crippen MR) is 311 cm³/mol. The standard InChI is InChI=1S/C67H58N8/c1-39-18-13-19-40(2)59(39)50-38-49(71-65(72-50)60-41(3)20-14-21-42(60)4)43-34-57(73-51-23-12-11-22-46(51)61-54(73)24-15-31-68-61)64(58(35-43)74-55-25-16-32-69-62(55)63-56(74)26-17-33-70-63)75-52-29-27-44(66(5,6)7)36-47(52)48-37-45(67(8,9)10)28-30-53(48)75/h11-38H,1-10H3. The van der Waals surface area contributed by atoms with Gasteiger partial charge in [-0.1, -0.05) is 108 Å². The second-order valence-corrected chi connectivity index (χ2v) is 22.5. The Morgan fingerprint density at radius 1 is 0.360 bits per heavy atom. The van der Waals surface area contributed by atoms with Crippen molar-refractivity contribution in [2.75, 3.05) is 0 Å². The second-order valence-electron chi connectivity index (χ2n) is 22.5. The van der Waals surface area contributed by atoms with Gasteiger partial charge in [-0.3, -0.25) is 15.0 Å². The summed E-state index contributed by atoms with van der Waals surface area (Å²) >= 11 is 0. The van der Waals surface area contributed by atoms with E-state index in [4.69, 9.17) is 24.9 Å². The molecule has 75 heavy (non-hydrogen) atoms. The third-order valence-corrected chi connectivity index (χ3v) is 15.4. The zero-order chi connectivity index (χ0) is 51.7. The number of benzene rings is 6. The zero-order valence-corrected chi connectivity index (χ0v) is 44.2. The molecule has 7 aromatic heterocycles. The minimum absolute atomic E-state index is 0.0793. The fourth-order valence-corrected chi connectivity index (χ4v) is 11.7. The minimum Gasteiger partial charge on any atom is -0.305 e. The average molecular weight is 975 g/mol. The number of nitrogens with zero attached hydrogens (tertiary/aromatic N) is 8. The fraction of sp³-hybridized carbons (Fsp3) is 0.179. The Morgan fingerprint density at radius 2 is 0.800 bits per heavy atom. The van der Waals surface area contributed by atoms with E-state index in [1.807, 2.05) is 36.8 Å². The quantitative estimate of drug-likeness (QED) is 0.166. The van der Waals surface area contributed by atoms with Crippen LogP contribution in [0.1, 0.15) is 74.9 Å². The van der Waals surface area contributed by atoms with Crippen LogP contribution in [0.3, 0.4) is 0 Å². The number of pyridine rings is 3. The topological polar surface area (TPSA) is 79.2 Å². The van der Waals surface area contributed by atoms with Gasteiger partial charge in [-0.2, -0.15) is 0 Å². The Balaban J connectivity index is 1.27. The number of para-hydroxylation sites is 1. The lowest BCUT2D eigenvalue weighted by atomic mass is 9.85. The smallest absolute Gasteiger partial charge is 0.160 e. The van der Waals surface area contributed by atoms with Gasteiger partial charge < -0.3 is 13.7 Å². The molecule has 0 saturated carbocycles. The summed E-state index contributed by atoms with van der Waals surface area (Å²) in [6.07, 6.45) is 5.64. The molecule has 0 amide bonds. The van der Waals surface area contributed by atoms with Crippen LogP contribution < -0.4 is 0 Å². The summed E-state index contributed by atoms with van der Waals surface area (Å²) < 4.78 is 7.32. The van der Waals surface area contributed by atoms with Crippen LogP contribution in [0.5, 0.6) is 0 Å². The van der Waals surface area contributed by atoms with Crippen molar-refractivity contribution in [3.05, 3.63) is 204 Å². The summed E-state index contributed by atoms with van der Waals surface area (Å²) in [7, 11) is 0. The van der Waals surface area contributed by atoms with Crippen LogP contribution in [-0.2, 0) is 10.8 Å². The van der Waals surface area contributed by atoms with E-state index in [0.717, 1.165) is 122 Å². The minimum atomic E-state index is -0.0793. The van der Waals surface area contributed by atoms with E-state index in [9.17, 15) is 0 Å². The molecule has 7 heterocycles. The summed E-state index contributed by atoms with van der Waals surface area (Å²) in [5, 5.41) is 3.47. The number of hydrogen-bond acceptors (Lipinski definition) is 5. The van der Waals surface area contributed by atoms with Gasteiger partial charge in [0.1, 0.15) is 11.0 Å². The van der Waals surface area contributed by atoms with E-state index in [-0.39, 0.29) is 10.8 Å². The van der Waals surface area contributed by atoms with Gasteiger partial charge in [0.15, 0.2) is 5.82 Å². The van der Waals surface area contributed by atoms with Gasteiger partial charge in [-0.05, 0) is 157 Å². The van der Waals surface area contributed by atoms with Crippen LogP contribution in [-0.4, -0.2) is 38.6 Å². The molecular formula is C67H58N8. The van der Waals surface area contributed by atoms with Crippen LogP contribution in [0.4, 0.5) is 0 Å². The van der Waals surface area contributed by atoms with Crippen molar-refractivity contribution >= 4 is 65.8 Å². The van der Waals surface area contributed by atoms with Crippen molar-refractivity contribution in [1.82, 2.24) is 38.6 Å². The van der Waals surface area contributed by atoms with Crippen molar-refractivity contribution in [3.63, 3.8) is 0 Å². The lowest BCUT2D eigenvalue weighted by Crippen LogP contribution is -2.12. The lowest BCUT2D eigenvalue weighted by molar-refractivity contribution is 0.590. The molecule has 0 aliphatic rings. The summed E-state index contributed by atoms with van der Waals surface area (Å²) in [6, 6.07) is 55.3. The Hall–Kier alpha value is -8.75. The SMILES string of the molecule is Cc1cccc(C)c1-c1cc(-c2cc(-n3c4ccccc4c4ncccc43)c(-n3c4ccc(C(C)(C)C)cc4c4cc(C(C)(C)C)ccc43)c(-n3c4cccnc4c4ncccc43)c2)nc(-c2c(C)cccc2C)n1. The molecule has 13 rings (SSSR count). The first-order valence-electron chi connectivity index (χ1n) is 26.0. The lowest BCUT2D eigenvalue weighted by Gasteiger charge is -2.24. The number of aromatic nitrogens is 8. The Kier molecular flexibility index (Phi) is 10.4. The average Bonchev–Trinajstić information content (AvgIpc) is 4.05. The van der Waals surface area contributed by atoms with Crippen LogP contribution in [0.25, 0.3) is 117 Å². The van der Waals surface area contributed by atoms with Gasteiger partial charge in [-0.25, -0.2) is 9.97 Å². The molecule has 0 spiro atoms. The third-order valence-electron chi connectivity index (χ3n) is 15.4. The highest BCUT2D eigenvalue weighted by molar-refractivity contribution is 6.13. The zero-order valence-electron chi connectivity index (χ0n) is 44.2. The van der Waals surface area contributed by atoms with E-state index < -0.39 is 0 Å². The van der Waals surface area contributed by atoms with Crippen LogP contribution >= 0.6 is 0 Å². The molecule has 8 heteroatoms. The van der Waals surface area contributed by atoms with Crippen molar-refractivity contribution in [2.45, 2.75) is 80.1 Å². The van der Waals surface area contributed by atoms with Crippen LogP contribution in [0.15, 0.2) is 170 Å². The molecule has 0 N–H and O–H groups in total. The first kappa shape index (κ1) is 46.1. The fourth-order valence-electron chi connectivity index (χ4n) is 11.7. The second kappa shape index (κ2) is 16.9.